The Morgan fingerprint density at radius 1 is 1.10 bits per heavy atom. The summed E-state index contributed by atoms with van der Waals surface area (Å²) in [6, 6.07) is 19.4. The molecule has 4 aromatic rings. The van der Waals surface area contributed by atoms with Crippen LogP contribution in [0.1, 0.15) is 48.1 Å². The maximum atomic E-state index is 9.96. The summed E-state index contributed by atoms with van der Waals surface area (Å²) < 4.78 is 2.14. The van der Waals surface area contributed by atoms with Gasteiger partial charge in [0.2, 0.25) is 0 Å². The standard InChI is InChI=1S/C25H26N4/c1-5-17(3)27-24-20(14-19-12-10-16(2)11-13-19)18(4)21(15-26)25-28-22-8-6-7-9-23(22)29(24)25/h6-13,17,27H,5,14H2,1-4H3/t17-/m0/s1. The normalized spacial score (nSPS) is 12.2. The zero-order valence-corrected chi connectivity index (χ0v) is 17.5. The van der Waals surface area contributed by atoms with Crippen molar-refractivity contribution in [3.8, 4) is 6.07 Å². The number of fused-ring (bicyclic) bond motifs is 3. The van der Waals surface area contributed by atoms with Gasteiger partial charge in [-0.05, 0) is 50.5 Å². The van der Waals surface area contributed by atoms with Crippen molar-refractivity contribution < 1.29 is 0 Å². The van der Waals surface area contributed by atoms with E-state index in [0.29, 0.717) is 11.6 Å². The van der Waals surface area contributed by atoms with Gasteiger partial charge < -0.3 is 5.32 Å². The summed E-state index contributed by atoms with van der Waals surface area (Å²) in [7, 11) is 0. The van der Waals surface area contributed by atoms with Gasteiger partial charge in [-0.15, -0.1) is 0 Å². The van der Waals surface area contributed by atoms with Crippen LogP contribution in [0.25, 0.3) is 16.7 Å². The Labute approximate surface area is 171 Å². The lowest BCUT2D eigenvalue weighted by Gasteiger charge is -2.22. The van der Waals surface area contributed by atoms with Gasteiger partial charge in [0.05, 0.1) is 16.6 Å². The highest BCUT2D eigenvalue weighted by Crippen LogP contribution is 2.33. The smallest absolute Gasteiger partial charge is 0.157 e. The number of benzene rings is 2. The Morgan fingerprint density at radius 3 is 2.52 bits per heavy atom. The predicted molar refractivity (Wildman–Crippen MR) is 120 cm³/mol. The summed E-state index contributed by atoms with van der Waals surface area (Å²) in [5.41, 5.74) is 7.94. The second kappa shape index (κ2) is 7.60. The number of nitrogens with zero attached hydrogens (tertiary/aromatic N) is 3. The van der Waals surface area contributed by atoms with Crippen LogP contribution in [0, 0.1) is 25.2 Å². The molecule has 0 aliphatic carbocycles. The Kier molecular flexibility index (Phi) is 4.98. The first-order valence-electron chi connectivity index (χ1n) is 10.2. The third kappa shape index (κ3) is 3.34. The number of hydrogen-bond acceptors (Lipinski definition) is 3. The molecular weight excluding hydrogens is 356 g/mol. The molecule has 2 aromatic heterocycles. The Bertz CT molecular complexity index is 1230. The van der Waals surface area contributed by atoms with E-state index in [1.807, 2.05) is 25.1 Å². The van der Waals surface area contributed by atoms with Crippen molar-refractivity contribution in [2.45, 2.75) is 46.6 Å². The lowest BCUT2D eigenvalue weighted by Crippen LogP contribution is -2.19. The van der Waals surface area contributed by atoms with Crippen LogP contribution in [0.2, 0.25) is 0 Å². The van der Waals surface area contributed by atoms with Gasteiger partial charge in [-0.2, -0.15) is 5.26 Å². The van der Waals surface area contributed by atoms with Gasteiger partial charge >= 0.3 is 0 Å². The number of nitriles is 1. The lowest BCUT2D eigenvalue weighted by atomic mass is 9.97. The Hall–Kier alpha value is -3.32. The van der Waals surface area contributed by atoms with Gasteiger partial charge in [-0.25, -0.2) is 4.98 Å². The number of anilines is 1. The minimum absolute atomic E-state index is 0.309. The van der Waals surface area contributed by atoms with Gasteiger partial charge in [0.25, 0.3) is 0 Å². The molecule has 2 aromatic carbocycles. The molecule has 146 valence electrons. The average molecular weight is 383 g/mol. The van der Waals surface area contributed by atoms with Crippen molar-refractivity contribution >= 4 is 22.5 Å². The molecule has 29 heavy (non-hydrogen) atoms. The fraction of sp³-hybridized carbons (Fsp3) is 0.280. The molecule has 0 bridgehead atoms. The maximum Gasteiger partial charge on any atom is 0.157 e. The third-order valence-electron chi connectivity index (χ3n) is 5.73. The summed E-state index contributed by atoms with van der Waals surface area (Å²) in [6.07, 6.45) is 1.78. The molecule has 2 heterocycles. The van der Waals surface area contributed by atoms with Crippen LogP contribution in [0.15, 0.2) is 48.5 Å². The number of hydrogen-bond donors (Lipinski definition) is 1. The van der Waals surface area contributed by atoms with E-state index in [0.717, 1.165) is 46.5 Å². The second-order valence-electron chi connectivity index (χ2n) is 7.81. The van der Waals surface area contributed by atoms with Gasteiger partial charge in [0, 0.05) is 18.0 Å². The van der Waals surface area contributed by atoms with E-state index in [-0.39, 0.29) is 0 Å². The van der Waals surface area contributed by atoms with Crippen molar-refractivity contribution in [2.24, 2.45) is 0 Å². The van der Waals surface area contributed by atoms with Gasteiger partial charge in [0.1, 0.15) is 11.9 Å². The first-order chi connectivity index (χ1) is 14.0. The predicted octanol–water partition coefficient (Wildman–Crippen LogP) is 5.78. The van der Waals surface area contributed by atoms with Crippen molar-refractivity contribution in [3.05, 3.63) is 76.3 Å². The van der Waals surface area contributed by atoms with Crippen molar-refractivity contribution in [3.63, 3.8) is 0 Å². The molecule has 0 saturated carbocycles. The first kappa shape index (κ1) is 19.0. The SMILES string of the molecule is CC[C@H](C)Nc1c(Cc2ccc(C)cc2)c(C)c(C#N)c2nc3ccccc3n12. The minimum Gasteiger partial charge on any atom is -0.368 e. The highest BCUT2D eigenvalue weighted by molar-refractivity contribution is 5.86. The molecule has 0 spiro atoms. The topological polar surface area (TPSA) is 53.1 Å². The zero-order valence-electron chi connectivity index (χ0n) is 17.5. The van der Waals surface area contributed by atoms with E-state index in [2.05, 4.69) is 66.9 Å². The lowest BCUT2D eigenvalue weighted by molar-refractivity contribution is 0.754. The quantitative estimate of drug-likeness (QED) is 0.476. The molecular formula is C25H26N4. The fourth-order valence-corrected chi connectivity index (χ4v) is 3.80. The minimum atomic E-state index is 0.309. The zero-order chi connectivity index (χ0) is 20.5. The van der Waals surface area contributed by atoms with Crippen molar-refractivity contribution in [1.82, 2.24) is 9.38 Å². The molecule has 0 fully saturated rings. The highest BCUT2D eigenvalue weighted by Gasteiger charge is 2.21. The largest absolute Gasteiger partial charge is 0.368 e. The Morgan fingerprint density at radius 2 is 1.83 bits per heavy atom. The summed E-state index contributed by atoms with van der Waals surface area (Å²) in [4.78, 5) is 4.80. The van der Waals surface area contributed by atoms with E-state index in [1.165, 1.54) is 11.1 Å². The van der Waals surface area contributed by atoms with E-state index in [4.69, 9.17) is 4.98 Å². The molecule has 0 saturated heterocycles. The number of nitrogens with one attached hydrogen (secondary N) is 1. The first-order valence-corrected chi connectivity index (χ1v) is 10.2. The van der Waals surface area contributed by atoms with E-state index >= 15 is 0 Å². The van der Waals surface area contributed by atoms with Gasteiger partial charge in [-0.1, -0.05) is 48.9 Å². The number of aryl methyl sites for hydroxylation is 1. The van der Waals surface area contributed by atoms with E-state index in [9.17, 15) is 5.26 Å². The number of pyridine rings is 1. The van der Waals surface area contributed by atoms with Crippen molar-refractivity contribution in [1.29, 1.82) is 5.26 Å². The van der Waals surface area contributed by atoms with Crippen LogP contribution in [0.4, 0.5) is 5.82 Å². The van der Waals surface area contributed by atoms with Crippen LogP contribution in [-0.2, 0) is 6.42 Å². The van der Waals surface area contributed by atoms with E-state index < -0.39 is 0 Å². The molecule has 1 N–H and O–H groups in total. The molecule has 0 aliphatic rings. The van der Waals surface area contributed by atoms with Crippen LogP contribution >= 0.6 is 0 Å². The monoisotopic (exact) mass is 382 g/mol. The molecule has 1 atom stereocenters. The molecule has 0 unspecified atom stereocenters. The maximum absolute atomic E-state index is 9.96. The Balaban J connectivity index is 2.05. The van der Waals surface area contributed by atoms with Crippen LogP contribution in [0.5, 0.6) is 0 Å². The average Bonchev–Trinajstić information content (AvgIpc) is 3.11. The van der Waals surface area contributed by atoms with Crippen LogP contribution in [-0.4, -0.2) is 15.4 Å². The summed E-state index contributed by atoms with van der Waals surface area (Å²) in [5, 5.41) is 13.7. The van der Waals surface area contributed by atoms with Crippen LogP contribution in [0.3, 0.4) is 0 Å². The molecule has 4 nitrogen and oxygen atoms in total. The third-order valence-corrected chi connectivity index (χ3v) is 5.73. The summed E-state index contributed by atoms with van der Waals surface area (Å²) in [6.45, 7) is 8.51. The van der Waals surface area contributed by atoms with Gasteiger partial charge in [-0.3, -0.25) is 4.40 Å². The summed E-state index contributed by atoms with van der Waals surface area (Å²) in [5.74, 6) is 1.04. The summed E-state index contributed by atoms with van der Waals surface area (Å²) >= 11 is 0. The van der Waals surface area contributed by atoms with Crippen LogP contribution < -0.4 is 5.32 Å². The van der Waals surface area contributed by atoms with Gasteiger partial charge in [0.15, 0.2) is 5.65 Å². The number of aromatic nitrogens is 2. The second-order valence-corrected chi connectivity index (χ2v) is 7.81. The molecule has 0 radical (unpaired) electrons. The van der Waals surface area contributed by atoms with E-state index in [1.54, 1.807) is 0 Å². The number of imidazole rings is 1. The molecule has 0 amide bonds. The number of rotatable bonds is 5. The van der Waals surface area contributed by atoms with Crippen molar-refractivity contribution in [2.75, 3.05) is 5.32 Å². The number of para-hydroxylation sites is 2. The highest BCUT2D eigenvalue weighted by atomic mass is 15.1. The fourth-order valence-electron chi connectivity index (χ4n) is 3.80. The molecule has 4 heteroatoms. The molecule has 0 aliphatic heterocycles. The molecule has 4 rings (SSSR count).